The molecule has 2 rings (SSSR count). The van der Waals surface area contributed by atoms with Gasteiger partial charge in [-0.25, -0.2) is 8.42 Å². The molecule has 19 heavy (non-hydrogen) atoms. The van der Waals surface area contributed by atoms with Crippen LogP contribution < -0.4 is 5.32 Å². The van der Waals surface area contributed by atoms with E-state index in [-0.39, 0.29) is 4.90 Å². The van der Waals surface area contributed by atoms with Gasteiger partial charge in [-0.2, -0.15) is 0 Å². The molecule has 1 N–H and O–H groups in total. The molecule has 0 spiro atoms. The number of rotatable bonds is 5. The Bertz CT molecular complexity index is 510. The molecule has 0 atom stereocenters. The summed E-state index contributed by atoms with van der Waals surface area (Å²) >= 11 is 0. The molecule has 0 bridgehead atoms. The Morgan fingerprint density at radius 1 is 1.42 bits per heavy atom. The third-order valence-electron chi connectivity index (χ3n) is 3.04. The van der Waals surface area contributed by atoms with Gasteiger partial charge in [-0.15, -0.1) is 0 Å². The van der Waals surface area contributed by atoms with Crippen LogP contribution in [-0.4, -0.2) is 59.0 Å². The van der Waals surface area contributed by atoms with E-state index < -0.39 is 9.84 Å². The van der Waals surface area contributed by atoms with Gasteiger partial charge in [0.2, 0.25) is 0 Å². The predicted molar refractivity (Wildman–Crippen MR) is 74.1 cm³/mol. The third kappa shape index (κ3) is 4.19. The normalized spacial score (nSPS) is 17.3. The van der Waals surface area contributed by atoms with Gasteiger partial charge < -0.3 is 10.1 Å². The first-order valence-corrected chi connectivity index (χ1v) is 8.21. The molecule has 0 aromatic heterocycles. The Hall–Kier alpha value is -1.11. The second-order valence-corrected chi connectivity index (χ2v) is 6.52. The van der Waals surface area contributed by atoms with Crippen LogP contribution in [0.15, 0.2) is 23.1 Å². The monoisotopic (exact) mass is 283 g/mol. The number of morpholine rings is 1. The van der Waals surface area contributed by atoms with E-state index in [1.807, 2.05) is 0 Å². The minimum Gasteiger partial charge on any atom is -0.383 e. The Balaban J connectivity index is 1.92. The van der Waals surface area contributed by atoms with Crippen molar-refractivity contribution in [2.75, 3.05) is 51.0 Å². The van der Waals surface area contributed by atoms with E-state index in [1.54, 1.807) is 18.2 Å². The molecular weight excluding hydrogens is 264 g/mol. The molecule has 1 aromatic rings. The summed E-state index contributed by atoms with van der Waals surface area (Å²) < 4.78 is 28.5. The molecule has 0 unspecified atom stereocenters. The molecule has 1 aliphatic rings. The molecule has 6 heteroatoms. The summed E-state index contributed by atoms with van der Waals surface area (Å²) in [5, 5.41) is 3.17. The number of hydrogen-bond acceptors (Lipinski definition) is 5. The molecule has 5 nitrogen and oxygen atoms in total. The average Bonchev–Trinajstić information content (AvgIpc) is 2.39. The number of sulfone groups is 1. The molecule has 1 radical (unpaired) electrons. The van der Waals surface area contributed by atoms with E-state index in [2.05, 4.69) is 16.3 Å². The van der Waals surface area contributed by atoms with Gasteiger partial charge in [-0.3, -0.25) is 4.90 Å². The number of benzene rings is 1. The van der Waals surface area contributed by atoms with E-state index in [0.29, 0.717) is 12.2 Å². The number of anilines is 1. The van der Waals surface area contributed by atoms with Gasteiger partial charge in [0.1, 0.15) is 0 Å². The lowest BCUT2D eigenvalue weighted by molar-refractivity contribution is 0.0398. The van der Waals surface area contributed by atoms with Crippen LogP contribution in [0.2, 0.25) is 0 Å². The summed E-state index contributed by atoms with van der Waals surface area (Å²) in [6.07, 6.45) is 1.20. The van der Waals surface area contributed by atoms with E-state index >= 15 is 0 Å². The van der Waals surface area contributed by atoms with Gasteiger partial charge in [-0.05, 0) is 6.07 Å². The van der Waals surface area contributed by atoms with Gasteiger partial charge in [0.15, 0.2) is 9.84 Å². The molecule has 0 aliphatic carbocycles. The lowest BCUT2D eigenvalue weighted by Gasteiger charge is -2.26. The fourth-order valence-electron chi connectivity index (χ4n) is 2.04. The van der Waals surface area contributed by atoms with Crippen LogP contribution in [0.4, 0.5) is 5.69 Å². The first-order chi connectivity index (χ1) is 9.07. The van der Waals surface area contributed by atoms with Crippen molar-refractivity contribution in [2.45, 2.75) is 4.90 Å². The Kier molecular flexibility index (Phi) is 4.79. The van der Waals surface area contributed by atoms with E-state index in [0.717, 1.165) is 32.8 Å². The minimum atomic E-state index is -3.24. The zero-order chi connectivity index (χ0) is 13.7. The van der Waals surface area contributed by atoms with E-state index in [4.69, 9.17) is 4.74 Å². The molecular formula is C13H19N2O3S. The van der Waals surface area contributed by atoms with Gasteiger partial charge in [0, 0.05) is 38.5 Å². The van der Waals surface area contributed by atoms with Crippen molar-refractivity contribution in [2.24, 2.45) is 0 Å². The molecule has 1 saturated heterocycles. The predicted octanol–water partition coefficient (Wildman–Crippen LogP) is 0.634. The van der Waals surface area contributed by atoms with Gasteiger partial charge in [-0.1, -0.05) is 12.1 Å². The Morgan fingerprint density at radius 3 is 2.84 bits per heavy atom. The maximum Gasteiger partial charge on any atom is 0.178 e. The Morgan fingerprint density at radius 2 is 2.16 bits per heavy atom. The number of hydrogen-bond donors (Lipinski definition) is 1. The Labute approximate surface area is 114 Å². The van der Waals surface area contributed by atoms with Gasteiger partial charge in [0.25, 0.3) is 0 Å². The van der Waals surface area contributed by atoms with Crippen LogP contribution in [0.25, 0.3) is 0 Å². The summed E-state index contributed by atoms with van der Waals surface area (Å²) in [7, 11) is -3.24. The first-order valence-electron chi connectivity index (χ1n) is 6.32. The molecule has 1 aromatic carbocycles. The summed E-state index contributed by atoms with van der Waals surface area (Å²) in [5.41, 5.74) is 0.623. The van der Waals surface area contributed by atoms with Crippen molar-refractivity contribution in [1.82, 2.24) is 4.90 Å². The summed E-state index contributed by atoms with van der Waals surface area (Å²) in [5.74, 6) is 0. The minimum absolute atomic E-state index is 0.233. The van der Waals surface area contributed by atoms with Crippen LogP contribution in [0.1, 0.15) is 0 Å². The molecule has 1 fully saturated rings. The van der Waals surface area contributed by atoms with Crippen molar-refractivity contribution in [1.29, 1.82) is 0 Å². The maximum absolute atomic E-state index is 11.6. The molecule has 0 amide bonds. The smallest absolute Gasteiger partial charge is 0.178 e. The lowest BCUT2D eigenvalue weighted by atomic mass is 10.3. The van der Waals surface area contributed by atoms with Crippen LogP contribution in [0.5, 0.6) is 0 Å². The van der Waals surface area contributed by atoms with Crippen molar-refractivity contribution in [3.63, 3.8) is 0 Å². The van der Waals surface area contributed by atoms with Crippen molar-refractivity contribution in [3.8, 4) is 0 Å². The fourth-order valence-corrected chi connectivity index (χ4v) is 2.86. The first kappa shape index (κ1) is 14.3. The zero-order valence-corrected chi connectivity index (χ0v) is 11.9. The number of ether oxygens (including phenoxy) is 1. The number of nitrogens with one attached hydrogen (secondary N) is 1. The van der Waals surface area contributed by atoms with Crippen molar-refractivity contribution < 1.29 is 13.2 Å². The largest absolute Gasteiger partial charge is 0.383 e. The topological polar surface area (TPSA) is 58.6 Å². The summed E-state index contributed by atoms with van der Waals surface area (Å²) in [4.78, 5) is 2.53. The molecule has 105 valence electrons. The van der Waals surface area contributed by atoms with Gasteiger partial charge in [0.05, 0.1) is 23.8 Å². The highest BCUT2D eigenvalue weighted by Crippen LogP contribution is 2.19. The maximum atomic E-state index is 11.6. The quantitative estimate of drug-likeness (QED) is 0.859. The molecule has 1 heterocycles. The highest BCUT2D eigenvalue weighted by atomic mass is 32.2. The van der Waals surface area contributed by atoms with Crippen LogP contribution in [-0.2, 0) is 14.6 Å². The molecule has 0 saturated carbocycles. The molecule has 1 aliphatic heterocycles. The standard InChI is InChI=1S/C13H19N2O3S/c1-19(16,17)13-5-3-2-4-12(13)14-6-7-15-8-10-18-11-9-15/h2-4,14H,6-11H2,1H3. The fraction of sp³-hybridized carbons (Fsp3) is 0.538. The zero-order valence-electron chi connectivity index (χ0n) is 11.1. The van der Waals surface area contributed by atoms with Crippen LogP contribution in [0, 0.1) is 6.07 Å². The van der Waals surface area contributed by atoms with Gasteiger partial charge >= 0.3 is 0 Å². The van der Waals surface area contributed by atoms with Crippen LogP contribution in [0.3, 0.4) is 0 Å². The van der Waals surface area contributed by atoms with Crippen LogP contribution >= 0.6 is 0 Å². The van der Waals surface area contributed by atoms with E-state index in [9.17, 15) is 8.42 Å². The van der Waals surface area contributed by atoms with Crippen molar-refractivity contribution >= 4 is 15.5 Å². The highest BCUT2D eigenvalue weighted by molar-refractivity contribution is 7.90. The average molecular weight is 283 g/mol. The second-order valence-electron chi connectivity index (χ2n) is 4.57. The number of nitrogens with zero attached hydrogens (tertiary/aromatic N) is 1. The summed E-state index contributed by atoms with van der Waals surface area (Å²) in [6.45, 7) is 4.99. The summed E-state index contributed by atoms with van der Waals surface area (Å²) in [6, 6.07) is 7.95. The van der Waals surface area contributed by atoms with E-state index in [1.165, 1.54) is 6.26 Å². The van der Waals surface area contributed by atoms with Crippen molar-refractivity contribution in [3.05, 3.63) is 24.3 Å². The highest BCUT2D eigenvalue weighted by Gasteiger charge is 2.13. The SMILES string of the molecule is CS(=O)(=O)c1[c]cccc1NCCN1CCOCC1. The lowest BCUT2D eigenvalue weighted by Crippen LogP contribution is -2.39. The third-order valence-corrected chi connectivity index (χ3v) is 4.12. The second kappa shape index (κ2) is 6.36.